The van der Waals surface area contributed by atoms with Crippen molar-refractivity contribution in [3.63, 3.8) is 0 Å². The number of hydrogen-bond donors (Lipinski definition) is 2. The highest BCUT2D eigenvalue weighted by Crippen LogP contribution is 2.07. The smallest absolute Gasteiger partial charge is 0.325 e. The van der Waals surface area contributed by atoms with Gasteiger partial charge in [-0.3, -0.25) is 19.4 Å². The van der Waals surface area contributed by atoms with Crippen molar-refractivity contribution >= 4 is 29.4 Å². The molecule has 0 aliphatic carbocycles. The van der Waals surface area contributed by atoms with Crippen LogP contribution in [0.1, 0.15) is 16.1 Å². The zero-order valence-corrected chi connectivity index (χ0v) is 14.3. The standard InChI is InChI=1S/C17H15ClFN3O4/c18-12-5-6-20-14(7-12)17(25)22-9-16(24)26-10-15(23)21-8-11-1-3-13(19)4-2-11/h1-7H,8-10H2,(H,21,23)(H,22,25). The largest absolute Gasteiger partial charge is 0.454 e. The molecule has 2 aromatic rings. The van der Waals surface area contributed by atoms with Crippen molar-refractivity contribution in [2.24, 2.45) is 0 Å². The molecule has 0 atom stereocenters. The molecular formula is C17H15ClFN3O4. The number of esters is 1. The number of amides is 2. The first kappa shape index (κ1) is 19.3. The predicted octanol–water partition coefficient (Wildman–Crippen LogP) is 1.46. The summed E-state index contributed by atoms with van der Waals surface area (Å²) in [5.74, 6) is -2.27. The van der Waals surface area contributed by atoms with Gasteiger partial charge in [0.1, 0.15) is 18.1 Å². The summed E-state index contributed by atoms with van der Waals surface area (Å²) < 4.78 is 17.5. The Balaban J connectivity index is 1.67. The second-order valence-electron chi connectivity index (χ2n) is 5.11. The van der Waals surface area contributed by atoms with Gasteiger partial charge >= 0.3 is 5.97 Å². The summed E-state index contributed by atoms with van der Waals surface area (Å²) in [6.45, 7) is -0.739. The average molecular weight is 380 g/mol. The van der Waals surface area contributed by atoms with Crippen molar-refractivity contribution < 1.29 is 23.5 Å². The second-order valence-corrected chi connectivity index (χ2v) is 5.54. The molecule has 0 unspecified atom stereocenters. The van der Waals surface area contributed by atoms with Gasteiger partial charge in [-0.25, -0.2) is 4.39 Å². The minimum absolute atomic E-state index is 0.0577. The molecule has 0 fully saturated rings. The van der Waals surface area contributed by atoms with Crippen molar-refractivity contribution in [2.45, 2.75) is 6.54 Å². The lowest BCUT2D eigenvalue weighted by molar-refractivity contribution is -0.147. The van der Waals surface area contributed by atoms with Gasteiger partial charge in [0.25, 0.3) is 11.8 Å². The highest BCUT2D eigenvalue weighted by molar-refractivity contribution is 6.30. The normalized spacial score (nSPS) is 10.1. The fourth-order valence-corrected chi connectivity index (χ4v) is 1.98. The molecule has 1 aromatic heterocycles. The summed E-state index contributed by atoms with van der Waals surface area (Å²) in [6, 6.07) is 8.47. The van der Waals surface area contributed by atoms with Gasteiger partial charge in [0, 0.05) is 17.8 Å². The van der Waals surface area contributed by atoms with Crippen LogP contribution in [0.25, 0.3) is 0 Å². The maximum absolute atomic E-state index is 12.8. The molecule has 0 saturated carbocycles. The first-order valence-corrected chi connectivity index (χ1v) is 7.88. The molecule has 0 saturated heterocycles. The molecule has 0 aliphatic heterocycles. The average Bonchev–Trinajstić information content (AvgIpc) is 2.64. The third-order valence-corrected chi connectivity index (χ3v) is 3.35. The van der Waals surface area contributed by atoms with E-state index < -0.39 is 30.9 Å². The third kappa shape index (κ3) is 6.48. The van der Waals surface area contributed by atoms with E-state index in [2.05, 4.69) is 15.6 Å². The lowest BCUT2D eigenvalue weighted by atomic mass is 10.2. The first-order valence-electron chi connectivity index (χ1n) is 7.50. The van der Waals surface area contributed by atoms with Gasteiger partial charge in [-0.05, 0) is 29.8 Å². The van der Waals surface area contributed by atoms with E-state index >= 15 is 0 Å². The summed E-state index contributed by atoms with van der Waals surface area (Å²) in [4.78, 5) is 38.8. The number of carbonyl (C=O) groups excluding carboxylic acids is 3. The highest BCUT2D eigenvalue weighted by Gasteiger charge is 2.12. The molecule has 0 spiro atoms. The topological polar surface area (TPSA) is 97.4 Å². The lowest BCUT2D eigenvalue weighted by Crippen LogP contribution is -2.34. The van der Waals surface area contributed by atoms with Crippen LogP contribution in [0.2, 0.25) is 5.02 Å². The van der Waals surface area contributed by atoms with E-state index in [0.717, 1.165) is 0 Å². The molecule has 0 radical (unpaired) electrons. The minimum atomic E-state index is -0.780. The number of pyridine rings is 1. The molecule has 2 rings (SSSR count). The van der Waals surface area contributed by atoms with E-state index in [4.69, 9.17) is 16.3 Å². The molecule has 136 valence electrons. The van der Waals surface area contributed by atoms with Crippen LogP contribution in [0.4, 0.5) is 4.39 Å². The maximum atomic E-state index is 12.8. The van der Waals surface area contributed by atoms with Gasteiger partial charge in [0.15, 0.2) is 6.61 Å². The van der Waals surface area contributed by atoms with E-state index in [1.807, 2.05) is 0 Å². The van der Waals surface area contributed by atoms with Gasteiger partial charge < -0.3 is 15.4 Å². The Morgan fingerprint density at radius 3 is 2.54 bits per heavy atom. The number of aromatic nitrogens is 1. The summed E-state index contributed by atoms with van der Waals surface area (Å²) in [5, 5.41) is 5.17. The number of halogens is 2. The molecule has 7 nitrogen and oxygen atoms in total. The molecule has 1 heterocycles. The van der Waals surface area contributed by atoms with Gasteiger partial charge in [-0.2, -0.15) is 0 Å². The number of ether oxygens (including phenoxy) is 1. The fraction of sp³-hybridized carbons (Fsp3) is 0.176. The van der Waals surface area contributed by atoms with Gasteiger partial charge in [-0.15, -0.1) is 0 Å². The highest BCUT2D eigenvalue weighted by atomic mass is 35.5. The van der Waals surface area contributed by atoms with Gasteiger partial charge in [0.05, 0.1) is 0 Å². The monoisotopic (exact) mass is 379 g/mol. The molecule has 2 amide bonds. The molecular weight excluding hydrogens is 365 g/mol. The van der Waals surface area contributed by atoms with Gasteiger partial charge in [0.2, 0.25) is 0 Å². The third-order valence-electron chi connectivity index (χ3n) is 3.12. The summed E-state index contributed by atoms with van der Waals surface area (Å²) >= 11 is 5.74. The van der Waals surface area contributed by atoms with E-state index in [1.165, 1.54) is 42.6 Å². The van der Waals surface area contributed by atoms with E-state index in [9.17, 15) is 18.8 Å². The van der Waals surface area contributed by atoms with Crippen LogP contribution in [0, 0.1) is 5.82 Å². The number of rotatable bonds is 7. The van der Waals surface area contributed by atoms with E-state index in [1.54, 1.807) is 0 Å². The molecule has 1 aromatic carbocycles. The number of benzene rings is 1. The quantitative estimate of drug-likeness (QED) is 0.710. The number of nitrogens with one attached hydrogen (secondary N) is 2. The number of hydrogen-bond acceptors (Lipinski definition) is 5. The van der Waals surface area contributed by atoms with E-state index in [0.29, 0.717) is 10.6 Å². The van der Waals surface area contributed by atoms with Crippen LogP contribution < -0.4 is 10.6 Å². The van der Waals surface area contributed by atoms with Crippen molar-refractivity contribution in [3.8, 4) is 0 Å². The molecule has 0 aliphatic rings. The molecule has 2 N–H and O–H groups in total. The van der Waals surface area contributed by atoms with Crippen LogP contribution in [-0.2, 0) is 20.9 Å². The Morgan fingerprint density at radius 1 is 1.12 bits per heavy atom. The van der Waals surface area contributed by atoms with E-state index in [-0.39, 0.29) is 18.1 Å². The SMILES string of the molecule is O=C(COC(=O)CNC(=O)c1cc(Cl)ccn1)NCc1ccc(F)cc1. The Hall–Kier alpha value is -3.00. The molecule has 9 heteroatoms. The molecule has 0 bridgehead atoms. The van der Waals surface area contributed by atoms with Crippen molar-refractivity contribution in [1.29, 1.82) is 0 Å². The Morgan fingerprint density at radius 2 is 1.85 bits per heavy atom. The second kappa shape index (κ2) is 9.47. The summed E-state index contributed by atoms with van der Waals surface area (Å²) in [6.07, 6.45) is 1.36. The zero-order valence-electron chi connectivity index (χ0n) is 13.5. The van der Waals surface area contributed by atoms with Gasteiger partial charge in [-0.1, -0.05) is 23.7 Å². The zero-order chi connectivity index (χ0) is 18.9. The Bertz CT molecular complexity index is 799. The van der Waals surface area contributed by atoms with Crippen LogP contribution in [-0.4, -0.2) is 35.9 Å². The van der Waals surface area contributed by atoms with Crippen molar-refractivity contribution in [3.05, 3.63) is 64.7 Å². The minimum Gasteiger partial charge on any atom is -0.454 e. The number of nitrogens with zero attached hydrogens (tertiary/aromatic N) is 1. The van der Waals surface area contributed by atoms with Crippen LogP contribution >= 0.6 is 11.6 Å². The Kier molecular flexibility index (Phi) is 7.04. The summed E-state index contributed by atoms with van der Waals surface area (Å²) in [5.41, 5.74) is 0.759. The van der Waals surface area contributed by atoms with Crippen LogP contribution in [0.3, 0.4) is 0 Å². The lowest BCUT2D eigenvalue weighted by Gasteiger charge is -2.07. The van der Waals surface area contributed by atoms with Crippen molar-refractivity contribution in [1.82, 2.24) is 15.6 Å². The number of carbonyl (C=O) groups is 3. The summed E-state index contributed by atoms with van der Waals surface area (Å²) in [7, 11) is 0. The van der Waals surface area contributed by atoms with Crippen molar-refractivity contribution in [2.75, 3.05) is 13.2 Å². The predicted molar refractivity (Wildman–Crippen MR) is 90.8 cm³/mol. The first-order chi connectivity index (χ1) is 12.4. The maximum Gasteiger partial charge on any atom is 0.325 e. The molecule has 26 heavy (non-hydrogen) atoms. The Labute approximate surface area is 153 Å². The fourth-order valence-electron chi connectivity index (χ4n) is 1.82. The van der Waals surface area contributed by atoms with Crippen LogP contribution in [0.15, 0.2) is 42.6 Å². The van der Waals surface area contributed by atoms with Crippen LogP contribution in [0.5, 0.6) is 0 Å².